The number of carbonyl (C=O) groups is 1. The van der Waals surface area contributed by atoms with Gasteiger partial charge in [-0.3, -0.25) is 14.9 Å². The van der Waals surface area contributed by atoms with Gasteiger partial charge >= 0.3 is 0 Å². The van der Waals surface area contributed by atoms with Gasteiger partial charge < -0.3 is 4.74 Å². The van der Waals surface area contributed by atoms with Crippen molar-refractivity contribution in [2.24, 2.45) is 0 Å². The number of nitrogens with zero attached hydrogens (tertiary/aromatic N) is 1. The van der Waals surface area contributed by atoms with Crippen LogP contribution in [0.5, 0.6) is 11.5 Å². The van der Waals surface area contributed by atoms with Crippen LogP contribution in [0.4, 0.5) is 5.69 Å². The minimum atomic E-state index is -0.492. The highest BCUT2D eigenvalue weighted by Crippen LogP contribution is 2.32. The van der Waals surface area contributed by atoms with Crippen molar-refractivity contribution < 1.29 is 14.5 Å². The predicted octanol–water partition coefficient (Wildman–Crippen LogP) is 4.27. The van der Waals surface area contributed by atoms with E-state index in [1.54, 1.807) is 31.2 Å². The molecule has 20 heavy (non-hydrogen) atoms. The van der Waals surface area contributed by atoms with Gasteiger partial charge in [-0.1, -0.05) is 15.9 Å². The molecule has 0 heterocycles. The maximum Gasteiger partial charge on any atom is 0.273 e. The summed E-state index contributed by atoms with van der Waals surface area (Å²) in [5.41, 5.74) is 1.06. The summed E-state index contributed by atoms with van der Waals surface area (Å²) in [5, 5.41) is 10.8. The van der Waals surface area contributed by atoms with Crippen LogP contribution in [0.15, 0.2) is 40.9 Å². The van der Waals surface area contributed by atoms with E-state index in [0.717, 1.165) is 10.0 Å². The Labute approximate surface area is 123 Å². The van der Waals surface area contributed by atoms with E-state index < -0.39 is 4.92 Å². The molecule has 0 bridgehead atoms. The van der Waals surface area contributed by atoms with E-state index in [1.165, 1.54) is 12.1 Å². The molecule has 2 rings (SSSR count). The molecule has 0 saturated heterocycles. The first-order chi connectivity index (χ1) is 9.51. The van der Waals surface area contributed by atoms with Gasteiger partial charge in [0.1, 0.15) is 11.5 Å². The van der Waals surface area contributed by atoms with Gasteiger partial charge in [0, 0.05) is 10.5 Å². The Kier molecular flexibility index (Phi) is 4.14. The van der Waals surface area contributed by atoms with Crippen molar-refractivity contribution >= 4 is 27.9 Å². The third-order valence-electron chi connectivity index (χ3n) is 2.71. The lowest BCUT2D eigenvalue weighted by Gasteiger charge is -2.10. The third-order valence-corrected chi connectivity index (χ3v) is 3.20. The minimum absolute atomic E-state index is 0.0618. The first-order valence-electron chi connectivity index (χ1n) is 5.69. The molecule has 102 valence electrons. The molecule has 0 aliphatic carbocycles. The number of halogens is 1. The zero-order valence-corrected chi connectivity index (χ0v) is 12.1. The van der Waals surface area contributed by atoms with Crippen molar-refractivity contribution in [3.8, 4) is 11.5 Å². The summed E-state index contributed by atoms with van der Waals surface area (Å²) < 4.78 is 6.39. The number of aldehydes is 1. The minimum Gasteiger partial charge on any atom is -0.456 e. The molecule has 0 unspecified atom stereocenters. The van der Waals surface area contributed by atoms with Gasteiger partial charge in [-0.05, 0) is 36.8 Å². The lowest BCUT2D eigenvalue weighted by atomic mass is 10.2. The molecule has 0 amide bonds. The van der Waals surface area contributed by atoms with Crippen molar-refractivity contribution in [1.29, 1.82) is 0 Å². The lowest BCUT2D eigenvalue weighted by molar-refractivity contribution is -0.384. The highest BCUT2D eigenvalue weighted by molar-refractivity contribution is 9.10. The number of ether oxygens (including phenoxy) is 1. The Morgan fingerprint density at radius 2 is 1.95 bits per heavy atom. The molecule has 0 spiro atoms. The van der Waals surface area contributed by atoms with Crippen LogP contribution in [0, 0.1) is 17.0 Å². The molecule has 0 atom stereocenters. The van der Waals surface area contributed by atoms with E-state index >= 15 is 0 Å². The molecule has 0 aliphatic heterocycles. The van der Waals surface area contributed by atoms with Gasteiger partial charge in [0.25, 0.3) is 5.69 Å². The molecule has 0 aromatic heterocycles. The molecule has 0 aliphatic rings. The summed E-state index contributed by atoms with van der Waals surface area (Å²) in [7, 11) is 0. The van der Waals surface area contributed by atoms with Gasteiger partial charge in [0.05, 0.1) is 16.6 Å². The van der Waals surface area contributed by atoms with Gasteiger partial charge in [-0.15, -0.1) is 0 Å². The molecule has 0 radical (unpaired) electrons. The average Bonchev–Trinajstić information content (AvgIpc) is 2.41. The number of rotatable bonds is 4. The number of hydrogen-bond donors (Lipinski definition) is 0. The quantitative estimate of drug-likeness (QED) is 0.475. The van der Waals surface area contributed by atoms with Crippen LogP contribution in [-0.4, -0.2) is 11.2 Å². The second-order valence-corrected chi connectivity index (χ2v) is 5.02. The Bertz CT molecular complexity index is 685. The number of aryl methyl sites for hydroxylation is 1. The Morgan fingerprint density at radius 1 is 1.20 bits per heavy atom. The highest BCUT2D eigenvalue weighted by Gasteiger charge is 2.12. The largest absolute Gasteiger partial charge is 0.456 e. The van der Waals surface area contributed by atoms with Crippen LogP contribution < -0.4 is 4.74 Å². The van der Waals surface area contributed by atoms with Crippen molar-refractivity contribution in [1.82, 2.24) is 0 Å². The van der Waals surface area contributed by atoms with Crippen molar-refractivity contribution in [3.05, 3.63) is 62.1 Å². The van der Waals surface area contributed by atoms with E-state index in [9.17, 15) is 14.9 Å². The van der Waals surface area contributed by atoms with Crippen molar-refractivity contribution in [2.45, 2.75) is 6.92 Å². The van der Waals surface area contributed by atoms with E-state index in [-0.39, 0.29) is 5.69 Å². The normalized spacial score (nSPS) is 10.1. The number of carbonyl (C=O) groups excluding carboxylic acids is 1. The van der Waals surface area contributed by atoms with Crippen LogP contribution >= 0.6 is 15.9 Å². The molecule has 0 fully saturated rings. The first-order valence-corrected chi connectivity index (χ1v) is 6.48. The second-order valence-electron chi connectivity index (χ2n) is 4.11. The SMILES string of the molecule is Cc1ccc([N+](=O)[O-])cc1Oc1cc(Br)ccc1C=O. The van der Waals surface area contributed by atoms with Gasteiger partial charge in [0.15, 0.2) is 6.29 Å². The van der Waals surface area contributed by atoms with E-state index in [2.05, 4.69) is 15.9 Å². The summed E-state index contributed by atoms with van der Waals surface area (Å²) in [4.78, 5) is 21.3. The fraction of sp³-hybridized carbons (Fsp3) is 0.0714. The molecule has 6 heteroatoms. The fourth-order valence-electron chi connectivity index (χ4n) is 1.62. The summed E-state index contributed by atoms with van der Waals surface area (Å²) >= 11 is 3.29. The fourth-order valence-corrected chi connectivity index (χ4v) is 1.96. The zero-order valence-electron chi connectivity index (χ0n) is 10.5. The molecule has 2 aromatic rings. The zero-order chi connectivity index (χ0) is 14.7. The topological polar surface area (TPSA) is 69.4 Å². The van der Waals surface area contributed by atoms with E-state index in [4.69, 9.17) is 4.74 Å². The smallest absolute Gasteiger partial charge is 0.273 e. The van der Waals surface area contributed by atoms with Crippen LogP contribution in [0.3, 0.4) is 0 Å². The Balaban J connectivity index is 2.44. The number of nitro groups is 1. The Hall–Kier alpha value is -2.21. The molecule has 0 saturated carbocycles. The second kappa shape index (κ2) is 5.83. The van der Waals surface area contributed by atoms with Gasteiger partial charge in [-0.25, -0.2) is 0 Å². The van der Waals surface area contributed by atoms with Crippen LogP contribution in [0.25, 0.3) is 0 Å². The first kappa shape index (κ1) is 14.2. The number of hydrogen-bond acceptors (Lipinski definition) is 4. The molecule has 0 N–H and O–H groups in total. The summed E-state index contributed by atoms with van der Waals surface area (Å²) in [6.07, 6.45) is 0.675. The maximum atomic E-state index is 11.0. The molecule has 5 nitrogen and oxygen atoms in total. The standard InChI is InChI=1S/C14H10BrNO4/c1-9-2-5-12(16(18)19)7-13(9)20-14-6-11(15)4-3-10(14)8-17/h2-8H,1H3. The number of benzene rings is 2. The number of nitro benzene ring substituents is 1. The maximum absolute atomic E-state index is 11.0. The third kappa shape index (κ3) is 3.03. The predicted molar refractivity (Wildman–Crippen MR) is 77.4 cm³/mol. The monoisotopic (exact) mass is 335 g/mol. The highest BCUT2D eigenvalue weighted by atomic mass is 79.9. The van der Waals surface area contributed by atoms with Crippen molar-refractivity contribution in [2.75, 3.05) is 0 Å². The molecular formula is C14H10BrNO4. The summed E-state index contributed by atoms with van der Waals surface area (Å²) in [6.45, 7) is 1.78. The van der Waals surface area contributed by atoms with Gasteiger partial charge in [-0.2, -0.15) is 0 Å². The van der Waals surface area contributed by atoms with Crippen LogP contribution in [-0.2, 0) is 0 Å². The summed E-state index contributed by atoms with van der Waals surface area (Å²) in [6, 6.07) is 9.32. The lowest BCUT2D eigenvalue weighted by Crippen LogP contribution is -1.94. The molecular weight excluding hydrogens is 326 g/mol. The van der Waals surface area contributed by atoms with Crippen LogP contribution in [0.2, 0.25) is 0 Å². The van der Waals surface area contributed by atoms with E-state index in [1.807, 2.05) is 0 Å². The van der Waals surface area contributed by atoms with Crippen molar-refractivity contribution in [3.63, 3.8) is 0 Å². The average molecular weight is 336 g/mol. The number of non-ortho nitro benzene ring substituents is 1. The van der Waals surface area contributed by atoms with E-state index in [0.29, 0.717) is 23.3 Å². The summed E-state index contributed by atoms with van der Waals surface area (Å²) in [5.74, 6) is 0.693. The molecule has 2 aromatic carbocycles. The van der Waals surface area contributed by atoms with Gasteiger partial charge in [0.2, 0.25) is 0 Å². The van der Waals surface area contributed by atoms with Crippen LogP contribution in [0.1, 0.15) is 15.9 Å². The Morgan fingerprint density at radius 3 is 2.60 bits per heavy atom.